The Kier molecular flexibility index (Phi) is 11.3. The Morgan fingerprint density at radius 1 is 1.05 bits per heavy atom. The quantitative estimate of drug-likeness (QED) is 0.198. The second kappa shape index (κ2) is 14.5. The maximum absolute atomic E-state index is 14.2. The van der Waals surface area contributed by atoms with Gasteiger partial charge in [-0.3, -0.25) is 24.0 Å². The van der Waals surface area contributed by atoms with E-state index < -0.39 is 49.9 Å². The average molecular weight is 645 g/mol. The molecule has 2 amide bonds. The van der Waals surface area contributed by atoms with Crippen LogP contribution in [0.5, 0.6) is 5.75 Å². The Balaban J connectivity index is 2.15. The number of nitrogens with one attached hydrogen (secondary N) is 1. The number of sulfonamides is 1. The number of carbonyl (C=O) groups is 2. The molecule has 11 nitrogen and oxygen atoms in total. The molecule has 3 aromatic carbocycles. The first kappa shape index (κ1) is 34.3. The number of rotatable bonds is 13. The van der Waals surface area contributed by atoms with Gasteiger partial charge in [0.1, 0.15) is 18.3 Å². The fraction of sp³-hybridized carbons (Fsp3) is 0.355. The van der Waals surface area contributed by atoms with Crippen LogP contribution in [0.25, 0.3) is 0 Å². The molecule has 3 rings (SSSR count). The van der Waals surface area contributed by atoms with E-state index in [4.69, 9.17) is 16.3 Å². The number of hydrogen-bond acceptors (Lipinski definition) is 7. The molecule has 3 aromatic rings. The van der Waals surface area contributed by atoms with E-state index in [-0.39, 0.29) is 34.5 Å². The lowest BCUT2D eigenvalue weighted by Crippen LogP contribution is -2.51. The van der Waals surface area contributed by atoms with Gasteiger partial charge >= 0.3 is 0 Å². The first-order valence-corrected chi connectivity index (χ1v) is 15.7. The van der Waals surface area contributed by atoms with Crippen LogP contribution in [0.3, 0.4) is 0 Å². The van der Waals surface area contributed by atoms with Crippen LogP contribution < -0.4 is 14.4 Å². The van der Waals surface area contributed by atoms with Gasteiger partial charge in [-0.2, -0.15) is 0 Å². The van der Waals surface area contributed by atoms with Gasteiger partial charge in [-0.1, -0.05) is 61.3 Å². The Bertz CT molecular complexity index is 1650. The molecule has 0 saturated carbocycles. The number of benzene rings is 3. The van der Waals surface area contributed by atoms with E-state index in [1.807, 2.05) is 45.0 Å². The van der Waals surface area contributed by atoms with Crippen molar-refractivity contribution in [3.63, 3.8) is 0 Å². The number of aryl methyl sites for hydroxylation is 2. The predicted octanol–water partition coefficient (Wildman–Crippen LogP) is 5.26. The lowest BCUT2D eigenvalue weighted by atomic mass is 10.1. The third-order valence-corrected chi connectivity index (χ3v) is 8.93. The van der Waals surface area contributed by atoms with Gasteiger partial charge < -0.3 is 15.0 Å². The van der Waals surface area contributed by atoms with Crippen molar-refractivity contribution in [1.82, 2.24) is 10.2 Å². The fourth-order valence-electron chi connectivity index (χ4n) is 4.49. The van der Waals surface area contributed by atoms with Crippen molar-refractivity contribution >= 4 is 44.8 Å². The van der Waals surface area contributed by atoms with Crippen molar-refractivity contribution in [1.29, 1.82) is 0 Å². The summed E-state index contributed by atoms with van der Waals surface area (Å²) in [6.07, 6.45) is 0. The van der Waals surface area contributed by atoms with Gasteiger partial charge in [0.05, 0.1) is 22.6 Å². The number of nitrogens with zero attached hydrogens (tertiary/aromatic N) is 3. The molecular weight excluding hydrogens is 608 g/mol. The van der Waals surface area contributed by atoms with Crippen molar-refractivity contribution in [2.45, 2.75) is 52.1 Å². The molecule has 0 spiro atoms. The smallest absolute Gasteiger partial charge is 0.273 e. The van der Waals surface area contributed by atoms with E-state index in [0.717, 1.165) is 21.5 Å². The largest absolute Gasteiger partial charge is 0.495 e. The average Bonchev–Trinajstić information content (AvgIpc) is 2.96. The van der Waals surface area contributed by atoms with Crippen LogP contribution >= 0.6 is 11.6 Å². The third-order valence-electron chi connectivity index (χ3n) is 6.94. The number of anilines is 1. The zero-order valence-corrected chi connectivity index (χ0v) is 27.1. The summed E-state index contributed by atoms with van der Waals surface area (Å²) in [4.78, 5) is 39.2. The lowest BCUT2D eigenvalue weighted by Gasteiger charge is -2.32. The van der Waals surface area contributed by atoms with Crippen LogP contribution in [-0.4, -0.2) is 56.3 Å². The minimum atomic E-state index is -4.61. The van der Waals surface area contributed by atoms with Crippen molar-refractivity contribution in [3.05, 3.63) is 92.5 Å². The molecule has 0 bridgehead atoms. The molecule has 0 aliphatic carbocycles. The SMILES string of the molecule is COc1ccc(Cl)cc1N(CC(=O)N(Cc1cccc(C)c1)C(C)C(=O)NCC(C)C)S(=O)(=O)c1ccc(C)c([N+](=O)[O-])c1. The highest BCUT2D eigenvalue weighted by molar-refractivity contribution is 7.92. The summed E-state index contributed by atoms with van der Waals surface area (Å²) in [7, 11) is -3.28. The Hall–Kier alpha value is -4.16. The highest BCUT2D eigenvalue weighted by Gasteiger charge is 2.35. The number of nitro groups is 1. The van der Waals surface area contributed by atoms with Gasteiger partial charge in [-0.15, -0.1) is 0 Å². The molecule has 0 aromatic heterocycles. The van der Waals surface area contributed by atoms with E-state index >= 15 is 0 Å². The fourth-order valence-corrected chi connectivity index (χ4v) is 6.09. The minimum Gasteiger partial charge on any atom is -0.495 e. The summed E-state index contributed by atoms with van der Waals surface area (Å²) < 4.78 is 34.6. The van der Waals surface area contributed by atoms with Crippen LogP contribution in [0, 0.1) is 29.9 Å². The van der Waals surface area contributed by atoms with E-state index in [1.54, 1.807) is 6.92 Å². The number of ether oxygens (including phenoxy) is 1. The molecule has 0 aliphatic heterocycles. The molecule has 236 valence electrons. The second-order valence-electron chi connectivity index (χ2n) is 10.9. The van der Waals surface area contributed by atoms with Gasteiger partial charge in [0.25, 0.3) is 15.7 Å². The summed E-state index contributed by atoms with van der Waals surface area (Å²) >= 11 is 6.26. The Morgan fingerprint density at radius 3 is 2.36 bits per heavy atom. The number of nitro benzene ring substituents is 1. The number of hydrogen-bond donors (Lipinski definition) is 1. The molecule has 0 aliphatic rings. The first-order chi connectivity index (χ1) is 20.6. The number of carbonyl (C=O) groups excluding carboxylic acids is 2. The van der Waals surface area contributed by atoms with Gasteiger partial charge in [0.15, 0.2) is 0 Å². The molecule has 0 saturated heterocycles. The molecule has 13 heteroatoms. The van der Waals surface area contributed by atoms with Crippen molar-refractivity contribution in [2.24, 2.45) is 5.92 Å². The number of methoxy groups -OCH3 is 1. The van der Waals surface area contributed by atoms with Crippen LogP contribution in [-0.2, 0) is 26.2 Å². The first-order valence-electron chi connectivity index (χ1n) is 13.9. The summed E-state index contributed by atoms with van der Waals surface area (Å²) in [5, 5.41) is 14.7. The highest BCUT2D eigenvalue weighted by atomic mass is 35.5. The zero-order valence-electron chi connectivity index (χ0n) is 25.5. The van der Waals surface area contributed by atoms with Gasteiger partial charge in [-0.05, 0) is 56.5 Å². The molecule has 0 heterocycles. The molecule has 0 radical (unpaired) electrons. The van der Waals surface area contributed by atoms with E-state index in [1.165, 1.54) is 49.3 Å². The predicted molar refractivity (Wildman–Crippen MR) is 169 cm³/mol. The van der Waals surface area contributed by atoms with Crippen LogP contribution in [0.15, 0.2) is 65.6 Å². The lowest BCUT2D eigenvalue weighted by molar-refractivity contribution is -0.385. The van der Waals surface area contributed by atoms with Crippen LogP contribution in [0.2, 0.25) is 5.02 Å². The Labute approximate surface area is 263 Å². The van der Waals surface area contributed by atoms with Crippen molar-refractivity contribution in [3.8, 4) is 5.75 Å². The van der Waals surface area contributed by atoms with Crippen molar-refractivity contribution < 1.29 is 27.7 Å². The van der Waals surface area contributed by atoms with E-state index in [9.17, 15) is 28.1 Å². The molecule has 1 atom stereocenters. The van der Waals surface area contributed by atoms with Crippen LogP contribution in [0.4, 0.5) is 11.4 Å². The maximum Gasteiger partial charge on any atom is 0.273 e. The van der Waals surface area contributed by atoms with Gasteiger partial charge in [-0.25, -0.2) is 8.42 Å². The third kappa shape index (κ3) is 8.26. The monoisotopic (exact) mass is 644 g/mol. The minimum absolute atomic E-state index is 0.0212. The number of halogens is 1. The van der Waals surface area contributed by atoms with Crippen LogP contribution in [0.1, 0.15) is 37.5 Å². The normalized spacial score (nSPS) is 12.0. The number of amides is 2. The summed E-state index contributed by atoms with van der Waals surface area (Å²) in [5.41, 5.74) is 1.50. The summed E-state index contributed by atoms with van der Waals surface area (Å²) in [5.74, 6) is -0.823. The summed E-state index contributed by atoms with van der Waals surface area (Å²) in [6.45, 7) is 8.50. The molecule has 44 heavy (non-hydrogen) atoms. The summed E-state index contributed by atoms with van der Waals surface area (Å²) in [6, 6.07) is 14.2. The zero-order chi connectivity index (χ0) is 32.8. The maximum atomic E-state index is 14.2. The molecule has 1 N–H and O–H groups in total. The van der Waals surface area contributed by atoms with Gasteiger partial charge in [0.2, 0.25) is 11.8 Å². The topological polar surface area (TPSA) is 139 Å². The van der Waals surface area contributed by atoms with E-state index in [2.05, 4.69) is 5.32 Å². The van der Waals surface area contributed by atoms with E-state index in [0.29, 0.717) is 6.54 Å². The highest BCUT2D eigenvalue weighted by Crippen LogP contribution is 2.36. The molecule has 1 unspecified atom stereocenters. The second-order valence-corrected chi connectivity index (χ2v) is 13.2. The van der Waals surface area contributed by atoms with Gasteiger partial charge in [0, 0.05) is 29.7 Å². The molecular formula is C31H37ClN4O7S. The standard InChI is InChI=1S/C31H37ClN4O7S/c1-20(2)17-33-31(38)23(5)34(18-24-9-7-8-21(3)14-24)30(37)19-35(28-15-25(32)11-13-29(28)43-6)44(41,42)26-12-10-22(4)27(16-26)36(39)40/h7-16,20,23H,17-19H2,1-6H3,(H,33,38). The Morgan fingerprint density at radius 2 is 1.75 bits per heavy atom. The van der Waals surface area contributed by atoms with Crippen molar-refractivity contribution in [2.75, 3.05) is 24.5 Å². The molecule has 0 fully saturated rings.